The zero-order chi connectivity index (χ0) is 20.6. The van der Waals surface area contributed by atoms with Crippen molar-refractivity contribution in [2.45, 2.75) is 30.4 Å². The second-order valence-corrected chi connectivity index (χ2v) is 8.42. The third kappa shape index (κ3) is 5.55. The van der Waals surface area contributed by atoms with Crippen LogP contribution in [0.2, 0.25) is 0 Å². The fourth-order valence-electron chi connectivity index (χ4n) is 2.93. The molecule has 0 aliphatic carbocycles. The number of carbonyl (C=O) groups excluding carboxylic acids is 1. The van der Waals surface area contributed by atoms with E-state index in [2.05, 4.69) is 37.2 Å². The Morgan fingerprint density at radius 2 is 1.83 bits per heavy atom. The van der Waals surface area contributed by atoms with Gasteiger partial charge in [0.15, 0.2) is 11.0 Å². The molecule has 4 rings (SSSR count). The molecule has 0 aliphatic heterocycles. The SMILES string of the molecule is O=C(Cc1ccsc1)NCc1nnc(SCc2ccncc2)n1Cc1ccccc1. The Labute approximate surface area is 183 Å². The van der Waals surface area contributed by atoms with E-state index in [1.54, 1.807) is 35.5 Å². The molecule has 1 amide bonds. The first-order valence-electron chi connectivity index (χ1n) is 9.53. The van der Waals surface area contributed by atoms with E-state index in [0.717, 1.165) is 27.9 Å². The first kappa shape index (κ1) is 20.3. The van der Waals surface area contributed by atoms with Gasteiger partial charge in [-0.05, 0) is 45.6 Å². The lowest BCUT2D eigenvalue weighted by Gasteiger charge is -2.11. The molecule has 1 aromatic carbocycles. The van der Waals surface area contributed by atoms with Crippen molar-refractivity contribution in [2.75, 3.05) is 0 Å². The monoisotopic (exact) mass is 435 g/mol. The third-order valence-electron chi connectivity index (χ3n) is 4.48. The lowest BCUT2D eigenvalue weighted by Crippen LogP contribution is -2.26. The van der Waals surface area contributed by atoms with Crippen LogP contribution in [0.4, 0.5) is 0 Å². The highest BCUT2D eigenvalue weighted by molar-refractivity contribution is 7.98. The molecule has 0 saturated carbocycles. The van der Waals surface area contributed by atoms with Gasteiger partial charge in [0, 0.05) is 18.1 Å². The summed E-state index contributed by atoms with van der Waals surface area (Å²) in [7, 11) is 0. The van der Waals surface area contributed by atoms with Gasteiger partial charge in [-0.1, -0.05) is 42.1 Å². The van der Waals surface area contributed by atoms with Crippen LogP contribution < -0.4 is 5.32 Å². The van der Waals surface area contributed by atoms with Gasteiger partial charge in [-0.25, -0.2) is 0 Å². The smallest absolute Gasteiger partial charge is 0.224 e. The Hall–Kier alpha value is -2.97. The van der Waals surface area contributed by atoms with Gasteiger partial charge >= 0.3 is 0 Å². The van der Waals surface area contributed by atoms with Gasteiger partial charge in [0.25, 0.3) is 0 Å². The summed E-state index contributed by atoms with van der Waals surface area (Å²) < 4.78 is 2.08. The van der Waals surface area contributed by atoms with E-state index in [1.165, 1.54) is 5.56 Å². The molecule has 0 fully saturated rings. The van der Waals surface area contributed by atoms with Crippen molar-refractivity contribution in [3.63, 3.8) is 0 Å². The maximum atomic E-state index is 12.3. The predicted octanol–water partition coefficient (Wildman–Crippen LogP) is 3.93. The summed E-state index contributed by atoms with van der Waals surface area (Å²) in [5.41, 5.74) is 3.36. The van der Waals surface area contributed by atoms with Gasteiger partial charge in [0.2, 0.25) is 5.91 Å². The predicted molar refractivity (Wildman–Crippen MR) is 119 cm³/mol. The maximum absolute atomic E-state index is 12.3. The van der Waals surface area contributed by atoms with Gasteiger partial charge in [0.05, 0.1) is 19.5 Å². The Balaban J connectivity index is 1.47. The van der Waals surface area contributed by atoms with Crippen molar-refractivity contribution in [1.29, 1.82) is 0 Å². The molecule has 1 N–H and O–H groups in total. The lowest BCUT2D eigenvalue weighted by molar-refractivity contribution is -0.120. The van der Waals surface area contributed by atoms with E-state index in [-0.39, 0.29) is 5.91 Å². The highest BCUT2D eigenvalue weighted by Crippen LogP contribution is 2.23. The van der Waals surface area contributed by atoms with E-state index >= 15 is 0 Å². The fraction of sp³-hybridized carbons (Fsp3) is 0.182. The summed E-state index contributed by atoms with van der Waals surface area (Å²) in [4.78, 5) is 16.4. The molecule has 30 heavy (non-hydrogen) atoms. The average molecular weight is 436 g/mol. The van der Waals surface area contributed by atoms with Gasteiger partial charge in [-0.15, -0.1) is 10.2 Å². The van der Waals surface area contributed by atoms with E-state index < -0.39 is 0 Å². The molecule has 0 bridgehead atoms. The molecular weight excluding hydrogens is 414 g/mol. The van der Waals surface area contributed by atoms with Crippen LogP contribution in [0.3, 0.4) is 0 Å². The number of rotatable bonds is 9. The number of amides is 1. The Bertz CT molecular complexity index is 1070. The molecule has 3 aromatic heterocycles. The summed E-state index contributed by atoms with van der Waals surface area (Å²) in [6.45, 7) is 1.00. The van der Waals surface area contributed by atoms with Crippen LogP contribution in [0.15, 0.2) is 76.8 Å². The largest absolute Gasteiger partial charge is 0.349 e. The second-order valence-electron chi connectivity index (χ2n) is 6.70. The quantitative estimate of drug-likeness (QED) is 0.403. The highest BCUT2D eigenvalue weighted by atomic mass is 32.2. The minimum atomic E-state index is -0.0198. The third-order valence-corrected chi connectivity index (χ3v) is 6.25. The maximum Gasteiger partial charge on any atom is 0.224 e. The molecular formula is C22H21N5OS2. The van der Waals surface area contributed by atoms with Crippen LogP contribution >= 0.6 is 23.1 Å². The second kappa shape index (κ2) is 10.2. The van der Waals surface area contributed by atoms with Crippen LogP contribution in [-0.4, -0.2) is 25.7 Å². The molecule has 4 aromatic rings. The van der Waals surface area contributed by atoms with Gasteiger partial charge < -0.3 is 9.88 Å². The molecule has 8 heteroatoms. The Kier molecular flexibility index (Phi) is 6.89. The fourth-order valence-corrected chi connectivity index (χ4v) is 4.51. The zero-order valence-electron chi connectivity index (χ0n) is 16.3. The molecule has 0 unspecified atom stereocenters. The van der Waals surface area contributed by atoms with Gasteiger partial charge in [-0.2, -0.15) is 11.3 Å². The van der Waals surface area contributed by atoms with E-state index in [9.17, 15) is 4.79 Å². The normalized spacial score (nSPS) is 10.8. The van der Waals surface area contributed by atoms with Crippen molar-refractivity contribution in [1.82, 2.24) is 25.1 Å². The number of thioether (sulfide) groups is 1. The summed E-state index contributed by atoms with van der Waals surface area (Å²) in [5.74, 6) is 1.50. The van der Waals surface area contributed by atoms with E-state index in [4.69, 9.17) is 0 Å². The summed E-state index contributed by atoms with van der Waals surface area (Å²) in [5, 5.41) is 16.5. The Morgan fingerprint density at radius 1 is 1.00 bits per heavy atom. The molecule has 6 nitrogen and oxygen atoms in total. The van der Waals surface area contributed by atoms with Crippen molar-refractivity contribution < 1.29 is 4.79 Å². The first-order chi connectivity index (χ1) is 14.8. The van der Waals surface area contributed by atoms with Gasteiger partial charge in [-0.3, -0.25) is 9.78 Å². The molecule has 0 radical (unpaired) electrons. The highest BCUT2D eigenvalue weighted by Gasteiger charge is 2.14. The number of nitrogens with one attached hydrogen (secondary N) is 1. The molecule has 152 valence electrons. The number of carbonyl (C=O) groups is 1. The average Bonchev–Trinajstić information content (AvgIpc) is 3.42. The van der Waals surface area contributed by atoms with Crippen LogP contribution in [0.25, 0.3) is 0 Å². The van der Waals surface area contributed by atoms with Crippen LogP contribution in [0.5, 0.6) is 0 Å². The van der Waals surface area contributed by atoms with Crippen LogP contribution in [0, 0.1) is 0 Å². The number of hydrogen-bond acceptors (Lipinski definition) is 6. The topological polar surface area (TPSA) is 72.7 Å². The van der Waals surface area contributed by atoms with Crippen LogP contribution in [-0.2, 0) is 30.1 Å². The minimum Gasteiger partial charge on any atom is -0.349 e. The number of pyridine rings is 1. The molecule has 0 aliphatic rings. The molecule has 0 spiro atoms. The van der Waals surface area contributed by atoms with Gasteiger partial charge in [0.1, 0.15) is 0 Å². The molecule has 3 heterocycles. The van der Waals surface area contributed by atoms with Crippen molar-refractivity contribution in [3.05, 3.63) is 94.2 Å². The number of hydrogen-bond donors (Lipinski definition) is 1. The number of aromatic nitrogens is 4. The Morgan fingerprint density at radius 3 is 2.60 bits per heavy atom. The number of benzene rings is 1. The zero-order valence-corrected chi connectivity index (χ0v) is 17.9. The molecule has 0 atom stereocenters. The summed E-state index contributed by atoms with van der Waals surface area (Å²) in [6, 6.07) is 16.2. The van der Waals surface area contributed by atoms with Crippen molar-refractivity contribution in [3.8, 4) is 0 Å². The molecule has 0 saturated heterocycles. The lowest BCUT2D eigenvalue weighted by atomic mass is 10.2. The standard InChI is InChI=1S/C22H21N5OS2/c28-21(12-19-8-11-29-15-19)24-13-20-25-26-22(30-16-18-6-9-23-10-7-18)27(20)14-17-4-2-1-3-5-17/h1-11,15H,12-14,16H2,(H,24,28). The van der Waals surface area contributed by atoms with Crippen molar-refractivity contribution in [2.24, 2.45) is 0 Å². The van der Waals surface area contributed by atoms with E-state index in [0.29, 0.717) is 19.5 Å². The number of nitrogens with zero attached hydrogens (tertiary/aromatic N) is 4. The van der Waals surface area contributed by atoms with Crippen molar-refractivity contribution >= 4 is 29.0 Å². The summed E-state index contributed by atoms with van der Waals surface area (Å²) in [6.07, 6.45) is 3.96. The van der Waals surface area contributed by atoms with Crippen LogP contribution in [0.1, 0.15) is 22.5 Å². The minimum absolute atomic E-state index is 0.0198. The number of thiophene rings is 1. The summed E-state index contributed by atoms with van der Waals surface area (Å²) >= 11 is 3.22. The first-order valence-corrected chi connectivity index (χ1v) is 11.5. The van der Waals surface area contributed by atoms with E-state index in [1.807, 2.05) is 47.2 Å².